The summed E-state index contributed by atoms with van der Waals surface area (Å²) in [5.41, 5.74) is -2.18. The molecule has 3 N–H and O–H groups in total. The molecule has 1 saturated carbocycles. The summed E-state index contributed by atoms with van der Waals surface area (Å²) in [4.78, 5) is 54.5. The van der Waals surface area contributed by atoms with Crippen molar-refractivity contribution >= 4 is 34.0 Å². The number of nitrogens with zero attached hydrogens (tertiary/aromatic N) is 2. The number of allylic oxidation sites excluding steroid dienone is 1. The van der Waals surface area contributed by atoms with Gasteiger partial charge in [0.2, 0.25) is 11.8 Å². The van der Waals surface area contributed by atoms with Crippen LogP contribution in [0.3, 0.4) is 0 Å². The largest absolute Gasteiger partial charge is 0.444 e. The molecule has 4 amide bonds. The summed E-state index contributed by atoms with van der Waals surface area (Å²) in [5.74, 6) is -2.11. The zero-order valence-corrected chi connectivity index (χ0v) is 24.7. The fourth-order valence-electron chi connectivity index (χ4n) is 5.11. The third-order valence-corrected chi connectivity index (χ3v) is 8.76. The van der Waals surface area contributed by atoms with Crippen LogP contribution in [0.15, 0.2) is 24.8 Å². The lowest BCUT2D eigenvalue weighted by Crippen LogP contribution is -2.59. The lowest BCUT2D eigenvalue weighted by Gasteiger charge is -2.30. The number of ether oxygens (including phenoxy) is 1. The van der Waals surface area contributed by atoms with Gasteiger partial charge in [0.15, 0.2) is 0 Å². The van der Waals surface area contributed by atoms with Crippen LogP contribution in [-0.4, -0.2) is 84.8 Å². The van der Waals surface area contributed by atoms with E-state index in [2.05, 4.69) is 21.9 Å². The maximum Gasteiger partial charge on any atom is 0.408 e. The van der Waals surface area contributed by atoms with Crippen LogP contribution in [0.25, 0.3) is 0 Å². The summed E-state index contributed by atoms with van der Waals surface area (Å²) < 4.78 is 33.7. The Morgan fingerprint density at radius 3 is 2.62 bits per heavy atom. The Hall–Kier alpha value is -2.93. The third-order valence-electron chi connectivity index (χ3n) is 7.34. The van der Waals surface area contributed by atoms with Crippen molar-refractivity contribution in [1.82, 2.24) is 24.6 Å². The van der Waals surface area contributed by atoms with Crippen molar-refractivity contribution in [3.05, 3.63) is 24.8 Å². The van der Waals surface area contributed by atoms with Crippen molar-refractivity contribution in [2.75, 3.05) is 20.1 Å². The smallest absolute Gasteiger partial charge is 0.408 e. The van der Waals surface area contributed by atoms with Gasteiger partial charge in [-0.3, -0.25) is 14.4 Å². The van der Waals surface area contributed by atoms with Crippen LogP contribution in [-0.2, 0) is 29.3 Å². The van der Waals surface area contributed by atoms with E-state index in [0.29, 0.717) is 32.2 Å². The van der Waals surface area contributed by atoms with Gasteiger partial charge in [-0.05, 0) is 59.3 Å². The summed E-state index contributed by atoms with van der Waals surface area (Å²) in [6.07, 6.45) is 9.14. The van der Waals surface area contributed by atoms with Crippen LogP contribution in [0, 0.1) is 5.92 Å². The minimum atomic E-state index is -4.15. The van der Waals surface area contributed by atoms with Crippen molar-refractivity contribution < 1.29 is 32.3 Å². The second-order valence-corrected chi connectivity index (χ2v) is 13.5. The fraction of sp³-hybridized carbons (Fsp3) is 0.704. The average Bonchev–Trinajstić information content (AvgIpc) is 3.30. The molecule has 1 saturated heterocycles. The quantitative estimate of drug-likeness (QED) is 0.404. The first-order valence-electron chi connectivity index (χ1n) is 13.9. The van der Waals surface area contributed by atoms with Crippen LogP contribution >= 0.6 is 0 Å². The lowest BCUT2D eigenvalue weighted by atomic mass is 10.0. The van der Waals surface area contributed by atoms with Crippen LogP contribution in [0.4, 0.5) is 4.79 Å². The number of hydrogen-bond acceptors (Lipinski definition) is 7. The monoisotopic (exact) mass is 581 g/mol. The number of likely N-dealkylation sites (N-methyl/N-ethyl adjacent to an activating group) is 1. The number of hydrogen-bond donors (Lipinski definition) is 3. The van der Waals surface area contributed by atoms with E-state index in [0.717, 1.165) is 23.6 Å². The van der Waals surface area contributed by atoms with E-state index in [4.69, 9.17) is 4.74 Å². The third kappa shape index (κ3) is 7.84. The van der Waals surface area contributed by atoms with Gasteiger partial charge < -0.3 is 20.3 Å². The molecule has 0 radical (unpaired) electrons. The van der Waals surface area contributed by atoms with Gasteiger partial charge in [-0.25, -0.2) is 9.52 Å². The number of fused-ring (bicyclic) bond motifs is 2. The molecule has 2 aliphatic heterocycles. The van der Waals surface area contributed by atoms with Gasteiger partial charge in [0.1, 0.15) is 23.2 Å². The topological polar surface area (TPSA) is 154 Å². The molecule has 0 aromatic rings. The standard InChI is InChI=1S/C27H43N5O7S/c1-6-16-31(5)40(37,38)30-24(35)27-18-19(27)13-10-8-7-9-11-14-20(28-25(36)39-26(2,3)4)23(34)32-17-12-15-21(32)22(33)29-27/h6,10,13,19-21H,1,7-9,11-12,14-18H2,2-5H3,(H,28,36)(H,29,33)(H,30,35)/b13-10-/t19-,20+,21+,27-/m1/s1. The Bertz CT molecular complexity index is 1130. The van der Waals surface area contributed by atoms with E-state index in [-0.39, 0.29) is 24.8 Å². The summed E-state index contributed by atoms with van der Waals surface area (Å²) in [7, 11) is -2.84. The summed E-state index contributed by atoms with van der Waals surface area (Å²) in [6.45, 7) is 9.06. The highest BCUT2D eigenvalue weighted by molar-refractivity contribution is 7.87. The Labute approximate surface area is 237 Å². The highest BCUT2D eigenvalue weighted by Crippen LogP contribution is 2.45. The normalized spacial score (nSPS) is 28.7. The average molecular weight is 582 g/mol. The van der Waals surface area contributed by atoms with Gasteiger partial charge >= 0.3 is 16.3 Å². The Morgan fingerprint density at radius 2 is 1.95 bits per heavy atom. The SMILES string of the molecule is C=CCN(C)S(=O)(=O)NC(=O)[C@@]12C[C@H]1/C=C\CCCCC[C@H](NC(=O)OC(C)(C)C)C(=O)N1CCC[C@H]1C(=O)N2. The van der Waals surface area contributed by atoms with Gasteiger partial charge in [-0.15, -0.1) is 6.58 Å². The van der Waals surface area contributed by atoms with Gasteiger partial charge in [0.05, 0.1) is 0 Å². The zero-order valence-electron chi connectivity index (χ0n) is 23.9. The van der Waals surface area contributed by atoms with Gasteiger partial charge in [0.25, 0.3) is 5.91 Å². The fourth-order valence-corrected chi connectivity index (χ4v) is 5.98. The summed E-state index contributed by atoms with van der Waals surface area (Å²) in [6, 6.07) is -1.71. The first-order valence-corrected chi connectivity index (χ1v) is 15.3. The molecule has 2 fully saturated rings. The van der Waals surface area contributed by atoms with E-state index in [9.17, 15) is 27.6 Å². The van der Waals surface area contributed by atoms with Crippen molar-refractivity contribution in [2.45, 2.75) is 95.4 Å². The number of nitrogens with one attached hydrogen (secondary N) is 3. The van der Waals surface area contributed by atoms with E-state index < -0.39 is 51.3 Å². The highest BCUT2D eigenvalue weighted by atomic mass is 32.2. The van der Waals surface area contributed by atoms with Crippen molar-refractivity contribution in [3.8, 4) is 0 Å². The first-order chi connectivity index (χ1) is 18.7. The molecule has 0 aromatic heterocycles. The van der Waals surface area contributed by atoms with Gasteiger partial charge in [-0.2, -0.15) is 12.7 Å². The number of rotatable bonds is 6. The molecule has 12 nitrogen and oxygen atoms in total. The lowest BCUT2D eigenvalue weighted by molar-refractivity contribution is -0.141. The minimum Gasteiger partial charge on any atom is -0.444 e. The second kappa shape index (κ2) is 12.7. The van der Waals surface area contributed by atoms with Gasteiger partial charge in [0, 0.05) is 26.1 Å². The Kier molecular flexibility index (Phi) is 10.0. The molecule has 0 bridgehead atoms. The van der Waals surface area contributed by atoms with Crippen molar-refractivity contribution in [3.63, 3.8) is 0 Å². The molecular formula is C27H43N5O7S. The molecule has 224 valence electrons. The predicted octanol–water partition coefficient (Wildman–Crippen LogP) is 1.74. The molecule has 0 unspecified atom stereocenters. The molecule has 2 heterocycles. The Balaban J connectivity index is 1.84. The number of alkyl carbamates (subject to hydrolysis) is 1. The van der Waals surface area contributed by atoms with Crippen LogP contribution in [0.2, 0.25) is 0 Å². The molecule has 4 atom stereocenters. The van der Waals surface area contributed by atoms with Crippen LogP contribution in [0.1, 0.15) is 72.1 Å². The zero-order chi connectivity index (χ0) is 29.7. The second-order valence-electron chi connectivity index (χ2n) is 11.7. The first kappa shape index (κ1) is 31.6. The molecule has 13 heteroatoms. The predicted molar refractivity (Wildman–Crippen MR) is 149 cm³/mol. The van der Waals surface area contributed by atoms with E-state index in [1.807, 2.05) is 12.2 Å². The van der Waals surface area contributed by atoms with Crippen LogP contribution in [0.5, 0.6) is 0 Å². The van der Waals surface area contributed by atoms with Crippen molar-refractivity contribution in [2.24, 2.45) is 5.92 Å². The molecule has 3 rings (SSSR count). The maximum atomic E-state index is 13.6. The number of carbonyl (C=O) groups is 4. The van der Waals surface area contributed by atoms with Gasteiger partial charge in [-0.1, -0.05) is 31.1 Å². The summed E-state index contributed by atoms with van der Waals surface area (Å²) in [5, 5.41) is 5.49. The minimum absolute atomic E-state index is 0.00292. The van der Waals surface area contributed by atoms with Crippen molar-refractivity contribution in [1.29, 1.82) is 0 Å². The van der Waals surface area contributed by atoms with E-state index >= 15 is 0 Å². The number of amides is 4. The van der Waals surface area contributed by atoms with E-state index in [1.165, 1.54) is 18.0 Å². The molecule has 3 aliphatic rings. The molecule has 0 aromatic carbocycles. The number of carbonyl (C=O) groups excluding carboxylic acids is 4. The molecule has 40 heavy (non-hydrogen) atoms. The maximum absolute atomic E-state index is 13.6. The highest BCUT2D eigenvalue weighted by Gasteiger charge is 2.61. The van der Waals surface area contributed by atoms with Crippen LogP contribution < -0.4 is 15.4 Å². The molecular weight excluding hydrogens is 538 g/mol. The molecule has 1 aliphatic carbocycles. The van der Waals surface area contributed by atoms with E-state index in [1.54, 1.807) is 20.8 Å². The Morgan fingerprint density at radius 1 is 1.23 bits per heavy atom. The molecule has 0 spiro atoms. The summed E-state index contributed by atoms with van der Waals surface area (Å²) >= 11 is 0.